The number of aliphatic hydroxyl groups is 1. The molecule has 1 N–H and O–H groups in total. The van der Waals surface area contributed by atoms with E-state index in [2.05, 4.69) is 4.90 Å². The van der Waals surface area contributed by atoms with Crippen LogP contribution in [-0.2, 0) is 5.60 Å². The fourth-order valence-corrected chi connectivity index (χ4v) is 2.23. The summed E-state index contributed by atoms with van der Waals surface area (Å²) in [6, 6.07) is 4.69. The molecule has 2 rings (SSSR count). The van der Waals surface area contributed by atoms with Crippen LogP contribution in [-0.4, -0.2) is 37.3 Å². The molecule has 0 saturated carbocycles. The first-order valence-corrected chi connectivity index (χ1v) is 5.80. The van der Waals surface area contributed by atoms with Crippen molar-refractivity contribution in [1.29, 1.82) is 0 Å². The third-order valence-electron chi connectivity index (χ3n) is 3.50. The molecule has 3 nitrogen and oxygen atoms in total. The van der Waals surface area contributed by atoms with Crippen molar-refractivity contribution in [2.24, 2.45) is 0 Å². The van der Waals surface area contributed by atoms with Crippen LogP contribution in [0.5, 0.6) is 5.75 Å². The minimum absolute atomic E-state index is 0.213. The number of hydrogen-bond donors (Lipinski definition) is 1. The summed E-state index contributed by atoms with van der Waals surface area (Å²) in [7, 11) is 3.45. The molecule has 0 atom stereocenters. The van der Waals surface area contributed by atoms with E-state index >= 15 is 0 Å². The Hall–Kier alpha value is -1.13. The smallest absolute Gasteiger partial charge is 0.165 e. The van der Waals surface area contributed by atoms with E-state index in [0.717, 1.165) is 13.1 Å². The van der Waals surface area contributed by atoms with Crippen LogP contribution in [0.2, 0.25) is 0 Å². The number of rotatable bonds is 2. The molecule has 1 fully saturated rings. The van der Waals surface area contributed by atoms with Crippen molar-refractivity contribution in [2.45, 2.75) is 18.4 Å². The molecule has 0 bridgehead atoms. The van der Waals surface area contributed by atoms with Gasteiger partial charge in [-0.3, -0.25) is 0 Å². The maximum Gasteiger partial charge on any atom is 0.165 e. The monoisotopic (exact) mass is 239 g/mol. The van der Waals surface area contributed by atoms with E-state index in [1.165, 1.54) is 13.2 Å². The maximum absolute atomic E-state index is 13.6. The number of piperidine rings is 1. The zero-order chi connectivity index (χ0) is 12.5. The molecule has 1 aromatic carbocycles. The highest BCUT2D eigenvalue weighted by Gasteiger charge is 2.33. The number of ether oxygens (including phenoxy) is 1. The average Bonchev–Trinajstić information content (AvgIpc) is 2.33. The van der Waals surface area contributed by atoms with Gasteiger partial charge in [0.25, 0.3) is 0 Å². The second-order valence-corrected chi connectivity index (χ2v) is 4.68. The summed E-state index contributed by atoms with van der Waals surface area (Å²) >= 11 is 0. The SMILES string of the molecule is COc1ccc(C2(O)CCN(C)CC2)cc1F. The molecule has 0 radical (unpaired) electrons. The molecule has 94 valence electrons. The lowest BCUT2D eigenvalue weighted by Gasteiger charge is -2.37. The molecule has 4 heteroatoms. The van der Waals surface area contributed by atoms with Gasteiger partial charge < -0.3 is 14.7 Å². The van der Waals surface area contributed by atoms with Gasteiger partial charge in [-0.2, -0.15) is 0 Å². The molecule has 1 heterocycles. The predicted molar refractivity (Wildman–Crippen MR) is 63.6 cm³/mol. The van der Waals surface area contributed by atoms with Crippen LogP contribution >= 0.6 is 0 Å². The van der Waals surface area contributed by atoms with Crippen LogP contribution < -0.4 is 4.74 Å². The van der Waals surface area contributed by atoms with Gasteiger partial charge in [-0.15, -0.1) is 0 Å². The molecule has 1 aliphatic heterocycles. The van der Waals surface area contributed by atoms with Gasteiger partial charge in [0.1, 0.15) is 0 Å². The predicted octanol–water partition coefficient (Wildman–Crippen LogP) is 1.75. The molecule has 0 spiro atoms. The van der Waals surface area contributed by atoms with Gasteiger partial charge >= 0.3 is 0 Å². The highest BCUT2D eigenvalue weighted by atomic mass is 19.1. The van der Waals surface area contributed by atoms with Gasteiger partial charge in [-0.05, 0) is 37.6 Å². The van der Waals surface area contributed by atoms with Gasteiger partial charge in [-0.1, -0.05) is 6.07 Å². The number of halogens is 1. The average molecular weight is 239 g/mol. The number of benzene rings is 1. The van der Waals surface area contributed by atoms with Crippen LogP contribution in [0.1, 0.15) is 18.4 Å². The second kappa shape index (κ2) is 4.63. The van der Waals surface area contributed by atoms with Gasteiger partial charge in [0, 0.05) is 13.1 Å². The highest BCUT2D eigenvalue weighted by Crippen LogP contribution is 2.34. The van der Waals surface area contributed by atoms with Gasteiger partial charge in [0.05, 0.1) is 12.7 Å². The van der Waals surface area contributed by atoms with Crippen LogP contribution in [0.25, 0.3) is 0 Å². The molecule has 0 amide bonds. The second-order valence-electron chi connectivity index (χ2n) is 4.68. The Morgan fingerprint density at radius 3 is 2.53 bits per heavy atom. The quantitative estimate of drug-likeness (QED) is 0.853. The Morgan fingerprint density at radius 2 is 2.00 bits per heavy atom. The van der Waals surface area contributed by atoms with E-state index in [9.17, 15) is 9.50 Å². The van der Waals surface area contributed by atoms with Crippen LogP contribution in [0.4, 0.5) is 4.39 Å². The van der Waals surface area contributed by atoms with E-state index in [-0.39, 0.29) is 5.75 Å². The molecule has 17 heavy (non-hydrogen) atoms. The number of nitrogens with zero attached hydrogens (tertiary/aromatic N) is 1. The summed E-state index contributed by atoms with van der Waals surface area (Å²) < 4.78 is 18.5. The van der Waals surface area contributed by atoms with E-state index in [1.807, 2.05) is 7.05 Å². The number of likely N-dealkylation sites (tertiary alicyclic amines) is 1. The Kier molecular flexibility index (Phi) is 3.35. The van der Waals surface area contributed by atoms with Gasteiger partial charge in [-0.25, -0.2) is 4.39 Å². The molecule has 1 saturated heterocycles. The summed E-state index contributed by atoms with van der Waals surface area (Å²) in [5, 5.41) is 10.5. The molecule has 0 unspecified atom stereocenters. The summed E-state index contributed by atoms with van der Waals surface area (Å²) in [6.45, 7) is 1.65. The lowest BCUT2D eigenvalue weighted by molar-refractivity contribution is -0.0205. The Bertz CT molecular complexity index is 400. The van der Waals surface area contributed by atoms with Crippen LogP contribution in [0, 0.1) is 5.82 Å². The van der Waals surface area contributed by atoms with Crippen molar-refractivity contribution in [1.82, 2.24) is 4.90 Å². The zero-order valence-corrected chi connectivity index (χ0v) is 10.2. The number of methoxy groups -OCH3 is 1. The first-order valence-electron chi connectivity index (χ1n) is 5.80. The summed E-state index contributed by atoms with van der Waals surface area (Å²) in [4.78, 5) is 2.16. The van der Waals surface area contributed by atoms with Crippen molar-refractivity contribution in [3.05, 3.63) is 29.6 Å². The van der Waals surface area contributed by atoms with E-state index in [4.69, 9.17) is 4.74 Å². The first-order chi connectivity index (χ1) is 8.05. The minimum Gasteiger partial charge on any atom is -0.494 e. The summed E-state index contributed by atoms with van der Waals surface area (Å²) in [6.07, 6.45) is 1.27. The highest BCUT2D eigenvalue weighted by molar-refractivity contribution is 5.32. The minimum atomic E-state index is -0.903. The first kappa shape index (κ1) is 12.3. The molecule has 0 aliphatic carbocycles. The van der Waals surface area contributed by atoms with E-state index < -0.39 is 11.4 Å². The molecular formula is C13H18FNO2. The maximum atomic E-state index is 13.6. The summed E-state index contributed by atoms with van der Waals surface area (Å²) in [5.74, 6) is -0.206. The molecular weight excluding hydrogens is 221 g/mol. The largest absolute Gasteiger partial charge is 0.494 e. The Morgan fingerprint density at radius 1 is 1.35 bits per heavy atom. The fourth-order valence-electron chi connectivity index (χ4n) is 2.23. The zero-order valence-electron chi connectivity index (χ0n) is 10.2. The van der Waals surface area contributed by atoms with Gasteiger partial charge in [0.2, 0.25) is 0 Å². The fraction of sp³-hybridized carbons (Fsp3) is 0.538. The van der Waals surface area contributed by atoms with Crippen molar-refractivity contribution in [3.8, 4) is 5.75 Å². The van der Waals surface area contributed by atoms with Crippen LogP contribution in [0.3, 0.4) is 0 Å². The van der Waals surface area contributed by atoms with Crippen molar-refractivity contribution < 1.29 is 14.2 Å². The molecule has 1 aromatic rings. The van der Waals surface area contributed by atoms with Gasteiger partial charge in [0.15, 0.2) is 11.6 Å². The van der Waals surface area contributed by atoms with Crippen molar-refractivity contribution in [2.75, 3.05) is 27.2 Å². The molecule has 1 aliphatic rings. The van der Waals surface area contributed by atoms with Crippen molar-refractivity contribution in [3.63, 3.8) is 0 Å². The normalized spacial score (nSPS) is 20.2. The summed E-state index contributed by atoms with van der Waals surface area (Å²) in [5.41, 5.74) is -0.261. The Labute approximate surface area is 101 Å². The third-order valence-corrected chi connectivity index (χ3v) is 3.50. The third kappa shape index (κ3) is 2.42. The topological polar surface area (TPSA) is 32.7 Å². The lowest BCUT2D eigenvalue weighted by Crippen LogP contribution is -2.40. The van der Waals surface area contributed by atoms with Crippen molar-refractivity contribution >= 4 is 0 Å². The lowest BCUT2D eigenvalue weighted by atomic mass is 9.84. The Balaban J connectivity index is 2.24. The van der Waals surface area contributed by atoms with Crippen LogP contribution in [0.15, 0.2) is 18.2 Å². The van der Waals surface area contributed by atoms with E-state index in [1.54, 1.807) is 12.1 Å². The standard InChI is InChI=1S/C13H18FNO2/c1-15-7-5-13(16,6-8-15)10-3-4-12(17-2)11(14)9-10/h3-4,9,16H,5-8H2,1-2H3. The van der Waals surface area contributed by atoms with E-state index in [0.29, 0.717) is 18.4 Å². The molecule has 0 aromatic heterocycles. The number of hydrogen-bond acceptors (Lipinski definition) is 3.